The molecule has 0 fully saturated rings. The second kappa shape index (κ2) is 6.25. The summed E-state index contributed by atoms with van der Waals surface area (Å²) in [6, 6.07) is 8.12. The Balaban J connectivity index is 2.77. The normalized spacial score (nSPS) is 11.5. The van der Waals surface area contributed by atoms with Gasteiger partial charge in [-0.15, -0.1) is 0 Å². The van der Waals surface area contributed by atoms with Crippen molar-refractivity contribution in [2.24, 2.45) is 0 Å². The van der Waals surface area contributed by atoms with Crippen molar-refractivity contribution >= 4 is 6.08 Å². The highest BCUT2D eigenvalue weighted by Crippen LogP contribution is 2.14. The summed E-state index contributed by atoms with van der Waals surface area (Å²) in [5.41, 5.74) is 2.63. The van der Waals surface area contributed by atoms with Crippen LogP contribution in [-0.4, -0.2) is 20.7 Å². The third-order valence-corrected chi connectivity index (χ3v) is 2.34. The van der Waals surface area contributed by atoms with E-state index in [4.69, 9.17) is 4.74 Å². The van der Waals surface area contributed by atoms with E-state index in [1.165, 1.54) is 11.1 Å². The highest BCUT2D eigenvalue weighted by atomic mass is 16.5. The molecule has 0 saturated heterocycles. The van der Waals surface area contributed by atoms with Crippen LogP contribution in [0.15, 0.2) is 29.8 Å². The Labute approximate surface area is 92.0 Å². The minimum atomic E-state index is 0.902. The first-order valence-electron chi connectivity index (χ1n) is 5.28. The van der Waals surface area contributed by atoms with Gasteiger partial charge in [-0.25, -0.2) is 0 Å². The van der Waals surface area contributed by atoms with Crippen LogP contribution < -0.4 is 10.1 Å². The number of nitrogens with one attached hydrogen (secondary N) is 1. The second-order valence-corrected chi connectivity index (χ2v) is 3.46. The van der Waals surface area contributed by atoms with Crippen molar-refractivity contribution in [3.05, 3.63) is 35.4 Å². The first-order chi connectivity index (χ1) is 7.30. The molecule has 0 aliphatic rings. The van der Waals surface area contributed by atoms with E-state index in [2.05, 4.69) is 30.4 Å². The molecule has 1 aromatic carbocycles. The van der Waals surface area contributed by atoms with Crippen molar-refractivity contribution < 1.29 is 4.74 Å². The van der Waals surface area contributed by atoms with Gasteiger partial charge < -0.3 is 10.1 Å². The average Bonchev–Trinajstić information content (AvgIpc) is 2.29. The van der Waals surface area contributed by atoms with Gasteiger partial charge in [-0.2, -0.15) is 0 Å². The van der Waals surface area contributed by atoms with Crippen LogP contribution in [0.3, 0.4) is 0 Å². The maximum absolute atomic E-state index is 5.11. The Morgan fingerprint density at radius 1 is 1.33 bits per heavy atom. The average molecular weight is 205 g/mol. The Bertz CT molecular complexity index is 314. The molecule has 0 unspecified atom stereocenters. The van der Waals surface area contributed by atoms with Gasteiger partial charge in [0.05, 0.1) is 7.11 Å². The van der Waals surface area contributed by atoms with Gasteiger partial charge >= 0.3 is 0 Å². The molecule has 0 aliphatic carbocycles. The van der Waals surface area contributed by atoms with E-state index in [0.717, 1.165) is 18.7 Å². The van der Waals surface area contributed by atoms with Gasteiger partial charge in [0.2, 0.25) is 0 Å². The Morgan fingerprint density at radius 3 is 2.47 bits per heavy atom. The predicted octanol–water partition coefficient (Wildman–Crippen LogP) is 2.71. The molecule has 1 N–H and O–H groups in total. The molecule has 15 heavy (non-hydrogen) atoms. The van der Waals surface area contributed by atoms with Crippen molar-refractivity contribution in [3.63, 3.8) is 0 Å². The quantitative estimate of drug-likeness (QED) is 0.798. The van der Waals surface area contributed by atoms with Crippen LogP contribution in [0.4, 0.5) is 0 Å². The molecule has 0 radical (unpaired) electrons. The first kappa shape index (κ1) is 11.8. The minimum absolute atomic E-state index is 0.902. The van der Waals surface area contributed by atoms with Crippen molar-refractivity contribution in [2.45, 2.75) is 13.3 Å². The molecule has 0 aliphatic heterocycles. The number of rotatable bonds is 5. The van der Waals surface area contributed by atoms with Crippen LogP contribution in [-0.2, 0) is 0 Å². The molecule has 0 saturated carbocycles. The minimum Gasteiger partial charge on any atom is -0.497 e. The van der Waals surface area contributed by atoms with Gasteiger partial charge in [0.25, 0.3) is 0 Å². The van der Waals surface area contributed by atoms with Crippen LogP contribution in [0.25, 0.3) is 6.08 Å². The SMILES string of the molecule is CCC(=Cc1ccc(OC)cc1)CNC. The largest absolute Gasteiger partial charge is 0.497 e. The zero-order valence-electron chi connectivity index (χ0n) is 9.71. The standard InChI is InChI=1S/C13H19NO/c1-4-11(10-14-2)9-12-5-7-13(15-3)8-6-12/h5-9,14H,4,10H2,1-3H3. The molecule has 82 valence electrons. The fraction of sp³-hybridized carbons (Fsp3) is 0.385. The van der Waals surface area contributed by atoms with Gasteiger partial charge in [-0.3, -0.25) is 0 Å². The molecule has 2 heteroatoms. The summed E-state index contributed by atoms with van der Waals surface area (Å²) < 4.78 is 5.11. The number of hydrogen-bond acceptors (Lipinski definition) is 2. The van der Waals surface area contributed by atoms with Gasteiger partial charge in [0.1, 0.15) is 5.75 Å². The monoisotopic (exact) mass is 205 g/mol. The van der Waals surface area contributed by atoms with Gasteiger partial charge in [0, 0.05) is 6.54 Å². The number of methoxy groups -OCH3 is 1. The van der Waals surface area contributed by atoms with Crippen molar-refractivity contribution in [1.29, 1.82) is 0 Å². The smallest absolute Gasteiger partial charge is 0.118 e. The molecule has 0 bridgehead atoms. The van der Waals surface area contributed by atoms with Crippen LogP contribution in [0, 0.1) is 0 Å². The van der Waals surface area contributed by atoms with E-state index >= 15 is 0 Å². The second-order valence-electron chi connectivity index (χ2n) is 3.46. The number of hydrogen-bond donors (Lipinski definition) is 1. The number of likely N-dealkylation sites (N-methyl/N-ethyl adjacent to an activating group) is 1. The van der Waals surface area contributed by atoms with E-state index in [9.17, 15) is 0 Å². The van der Waals surface area contributed by atoms with Crippen LogP contribution in [0.2, 0.25) is 0 Å². The zero-order valence-corrected chi connectivity index (χ0v) is 9.71. The Hall–Kier alpha value is -1.28. The number of benzene rings is 1. The van der Waals surface area contributed by atoms with Crippen molar-refractivity contribution in [3.8, 4) is 5.75 Å². The Morgan fingerprint density at radius 2 is 2.00 bits per heavy atom. The lowest BCUT2D eigenvalue weighted by atomic mass is 10.1. The van der Waals surface area contributed by atoms with Crippen LogP contribution >= 0.6 is 0 Å². The highest BCUT2D eigenvalue weighted by molar-refractivity contribution is 5.54. The van der Waals surface area contributed by atoms with Crippen LogP contribution in [0.5, 0.6) is 5.75 Å². The lowest BCUT2D eigenvalue weighted by Gasteiger charge is -2.04. The molecule has 1 aromatic rings. The zero-order chi connectivity index (χ0) is 11.1. The molecule has 1 rings (SSSR count). The maximum Gasteiger partial charge on any atom is 0.118 e. The summed E-state index contributed by atoms with van der Waals surface area (Å²) in [5, 5.41) is 3.17. The molecule has 0 atom stereocenters. The van der Waals surface area contributed by atoms with E-state index in [1.807, 2.05) is 19.2 Å². The summed E-state index contributed by atoms with van der Waals surface area (Å²) in [7, 11) is 3.65. The van der Waals surface area contributed by atoms with Crippen LogP contribution in [0.1, 0.15) is 18.9 Å². The molecular formula is C13H19NO. The third-order valence-electron chi connectivity index (χ3n) is 2.34. The van der Waals surface area contributed by atoms with Crippen molar-refractivity contribution in [1.82, 2.24) is 5.32 Å². The van der Waals surface area contributed by atoms with E-state index < -0.39 is 0 Å². The first-order valence-corrected chi connectivity index (χ1v) is 5.28. The molecule has 0 aromatic heterocycles. The summed E-state index contributed by atoms with van der Waals surface area (Å²) >= 11 is 0. The van der Waals surface area contributed by atoms with E-state index in [-0.39, 0.29) is 0 Å². The molecule has 0 spiro atoms. The van der Waals surface area contributed by atoms with Crippen molar-refractivity contribution in [2.75, 3.05) is 20.7 Å². The topological polar surface area (TPSA) is 21.3 Å². The lowest BCUT2D eigenvalue weighted by molar-refractivity contribution is 0.415. The summed E-state index contributed by atoms with van der Waals surface area (Å²) in [4.78, 5) is 0. The van der Waals surface area contributed by atoms with Gasteiger partial charge in [-0.1, -0.05) is 30.7 Å². The summed E-state index contributed by atoms with van der Waals surface area (Å²) in [6.07, 6.45) is 3.29. The highest BCUT2D eigenvalue weighted by Gasteiger charge is 1.94. The summed E-state index contributed by atoms with van der Waals surface area (Å²) in [5.74, 6) is 0.902. The van der Waals surface area contributed by atoms with E-state index in [0.29, 0.717) is 0 Å². The maximum atomic E-state index is 5.11. The van der Waals surface area contributed by atoms with E-state index in [1.54, 1.807) is 7.11 Å². The molecule has 0 amide bonds. The Kier molecular flexibility index (Phi) is 4.91. The van der Waals surface area contributed by atoms with Gasteiger partial charge in [-0.05, 0) is 31.2 Å². The third kappa shape index (κ3) is 3.76. The lowest BCUT2D eigenvalue weighted by Crippen LogP contribution is -2.09. The predicted molar refractivity (Wildman–Crippen MR) is 65.2 cm³/mol. The molecule has 0 heterocycles. The number of ether oxygens (including phenoxy) is 1. The fourth-order valence-corrected chi connectivity index (χ4v) is 1.44. The summed E-state index contributed by atoms with van der Waals surface area (Å²) in [6.45, 7) is 3.12. The fourth-order valence-electron chi connectivity index (χ4n) is 1.44. The van der Waals surface area contributed by atoms with Gasteiger partial charge in [0.15, 0.2) is 0 Å². The molecular weight excluding hydrogens is 186 g/mol. The molecule has 2 nitrogen and oxygen atoms in total.